The zero-order valence-corrected chi connectivity index (χ0v) is 15.5. The van der Waals surface area contributed by atoms with Gasteiger partial charge < -0.3 is 34.8 Å². The maximum atomic E-state index is 12.0. The number of para-hydroxylation sites is 1. The van der Waals surface area contributed by atoms with Gasteiger partial charge in [0.05, 0.1) is 19.6 Å². The summed E-state index contributed by atoms with van der Waals surface area (Å²) in [7, 11) is 0. The Morgan fingerprint density at radius 2 is 2.00 bits per heavy atom. The molecule has 27 heavy (non-hydrogen) atoms. The zero-order valence-electron chi connectivity index (χ0n) is 15.5. The fraction of sp³-hybridized carbons (Fsp3) is 0.632. The van der Waals surface area contributed by atoms with Gasteiger partial charge in [0.15, 0.2) is 6.23 Å². The lowest BCUT2D eigenvalue weighted by atomic mass is 9.96. The van der Waals surface area contributed by atoms with E-state index in [-0.39, 0.29) is 18.3 Å². The minimum Gasteiger partial charge on any atom is -0.466 e. The van der Waals surface area contributed by atoms with Gasteiger partial charge in [0.2, 0.25) is 0 Å². The number of anilines is 1. The van der Waals surface area contributed by atoms with Gasteiger partial charge in [-0.05, 0) is 25.0 Å². The largest absolute Gasteiger partial charge is 0.466 e. The van der Waals surface area contributed by atoms with Crippen molar-refractivity contribution in [3.63, 3.8) is 0 Å². The SMILES string of the molecule is CCOC(=O)CC1CN([C@@H]2O[C@H](CO)[C@@H](O)[C@H](O)[C@H]2O)c2c(C)cccc21. The van der Waals surface area contributed by atoms with E-state index >= 15 is 0 Å². The second-order valence-corrected chi connectivity index (χ2v) is 7.09. The van der Waals surface area contributed by atoms with E-state index in [2.05, 4.69) is 0 Å². The van der Waals surface area contributed by atoms with Crippen molar-refractivity contribution in [2.45, 2.75) is 56.8 Å². The molecule has 8 nitrogen and oxygen atoms in total. The van der Waals surface area contributed by atoms with Gasteiger partial charge in [-0.25, -0.2) is 0 Å². The lowest BCUT2D eigenvalue weighted by Gasteiger charge is -2.44. The number of hydrogen-bond acceptors (Lipinski definition) is 8. The van der Waals surface area contributed by atoms with Crippen LogP contribution >= 0.6 is 0 Å². The van der Waals surface area contributed by atoms with Crippen molar-refractivity contribution in [3.8, 4) is 0 Å². The fourth-order valence-electron chi connectivity index (χ4n) is 4.00. The van der Waals surface area contributed by atoms with Gasteiger partial charge in [-0.3, -0.25) is 4.79 Å². The summed E-state index contributed by atoms with van der Waals surface area (Å²) in [5, 5.41) is 40.1. The predicted octanol–water partition coefficient (Wildman–Crippen LogP) is -0.348. The van der Waals surface area contributed by atoms with E-state index in [9.17, 15) is 25.2 Å². The van der Waals surface area contributed by atoms with Crippen LogP contribution in [-0.2, 0) is 14.3 Å². The smallest absolute Gasteiger partial charge is 0.306 e. The standard InChI is InChI=1S/C19H27NO7/c1-3-26-14(22)7-11-8-20(15-10(2)5-4-6-12(11)15)19-18(25)17(24)16(23)13(9-21)27-19/h4-6,11,13,16-19,21,23-25H,3,7-9H2,1-2H3/t11?,13-,16-,17+,18-,19-/m1/s1. The highest BCUT2D eigenvalue weighted by molar-refractivity contribution is 5.74. The lowest BCUT2D eigenvalue weighted by molar-refractivity contribution is -0.228. The van der Waals surface area contributed by atoms with Crippen molar-refractivity contribution in [1.29, 1.82) is 0 Å². The molecular formula is C19H27NO7. The molecule has 0 saturated carbocycles. The third-order valence-electron chi connectivity index (χ3n) is 5.31. The average Bonchev–Trinajstić information content (AvgIpc) is 3.00. The monoisotopic (exact) mass is 381 g/mol. The molecule has 0 aliphatic carbocycles. The molecule has 150 valence electrons. The quantitative estimate of drug-likeness (QED) is 0.511. The Morgan fingerprint density at radius 3 is 2.67 bits per heavy atom. The molecule has 3 rings (SSSR count). The molecule has 0 spiro atoms. The van der Waals surface area contributed by atoms with Gasteiger partial charge in [0.1, 0.15) is 24.4 Å². The molecule has 0 radical (unpaired) electrons. The van der Waals surface area contributed by atoms with Crippen LogP contribution in [0.5, 0.6) is 0 Å². The molecule has 2 aliphatic rings. The third-order valence-corrected chi connectivity index (χ3v) is 5.31. The van der Waals surface area contributed by atoms with Crippen LogP contribution in [0, 0.1) is 6.92 Å². The summed E-state index contributed by atoms with van der Waals surface area (Å²) in [5.41, 5.74) is 2.71. The first-order valence-corrected chi connectivity index (χ1v) is 9.21. The minimum absolute atomic E-state index is 0.147. The van der Waals surface area contributed by atoms with Gasteiger partial charge in [-0.15, -0.1) is 0 Å². The number of nitrogens with zero attached hydrogens (tertiary/aromatic N) is 1. The summed E-state index contributed by atoms with van der Waals surface area (Å²) < 4.78 is 10.8. The number of fused-ring (bicyclic) bond motifs is 1. The minimum atomic E-state index is -1.45. The molecule has 0 aromatic heterocycles. The van der Waals surface area contributed by atoms with Gasteiger partial charge in [0.25, 0.3) is 0 Å². The predicted molar refractivity (Wildman–Crippen MR) is 96.3 cm³/mol. The van der Waals surface area contributed by atoms with E-state index in [1.54, 1.807) is 11.8 Å². The Morgan fingerprint density at radius 1 is 1.26 bits per heavy atom. The van der Waals surface area contributed by atoms with E-state index in [1.807, 2.05) is 25.1 Å². The number of benzene rings is 1. The molecule has 8 heteroatoms. The van der Waals surface area contributed by atoms with E-state index in [0.717, 1.165) is 16.8 Å². The Balaban J connectivity index is 1.91. The molecular weight excluding hydrogens is 354 g/mol. The van der Waals surface area contributed by atoms with Crippen molar-refractivity contribution in [1.82, 2.24) is 0 Å². The number of carbonyl (C=O) groups excluding carboxylic acids is 1. The Kier molecular flexibility index (Phi) is 6.02. The lowest BCUT2D eigenvalue weighted by Crippen LogP contribution is -2.63. The summed E-state index contributed by atoms with van der Waals surface area (Å²) in [6.45, 7) is 3.89. The van der Waals surface area contributed by atoms with Crippen LogP contribution in [0.4, 0.5) is 5.69 Å². The molecule has 4 N–H and O–H groups in total. The van der Waals surface area contributed by atoms with Crippen molar-refractivity contribution < 1.29 is 34.7 Å². The number of ether oxygens (including phenoxy) is 2. The van der Waals surface area contributed by atoms with Gasteiger partial charge in [-0.1, -0.05) is 18.2 Å². The molecule has 1 aromatic rings. The normalized spacial score (nSPS) is 33.0. The Labute approximate surface area is 157 Å². The molecule has 2 aliphatic heterocycles. The maximum absolute atomic E-state index is 12.0. The summed E-state index contributed by atoms with van der Waals surface area (Å²) >= 11 is 0. The summed E-state index contributed by atoms with van der Waals surface area (Å²) in [6.07, 6.45) is -5.96. The third kappa shape index (κ3) is 3.68. The molecule has 0 amide bonds. The number of hydrogen-bond donors (Lipinski definition) is 4. The van der Waals surface area contributed by atoms with Crippen LogP contribution < -0.4 is 4.90 Å². The first-order chi connectivity index (χ1) is 12.9. The molecule has 1 unspecified atom stereocenters. The molecule has 1 saturated heterocycles. The van der Waals surface area contributed by atoms with Crippen LogP contribution in [-0.4, -0.2) is 76.8 Å². The van der Waals surface area contributed by atoms with Crippen LogP contribution in [0.15, 0.2) is 18.2 Å². The van der Waals surface area contributed by atoms with Crippen molar-refractivity contribution >= 4 is 11.7 Å². The van der Waals surface area contributed by atoms with Gasteiger partial charge >= 0.3 is 5.97 Å². The van der Waals surface area contributed by atoms with Gasteiger partial charge in [-0.2, -0.15) is 0 Å². The van der Waals surface area contributed by atoms with Gasteiger partial charge in [0, 0.05) is 18.2 Å². The number of esters is 1. The average molecular weight is 381 g/mol. The van der Waals surface area contributed by atoms with Crippen molar-refractivity contribution in [3.05, 3.63) is 29.3 Å². The van der Waals surface area contributed by atoms with Crippen LogP contribution in [0.25, 0.3) is 0 Å². The maximum Gasteiger partial charge on any atom is 0.306 e. The number of rotatable bonds is 5. The molecule has 0 bridgehead atoms. The zero-order chi connectivity index (χ0) is 19.7. The molecule has 1 fully saturated rings. The highest BCUT2D eigenvalue weighted by Crippen LogP contribution is 2.43. The molecule has 2 heterocycles. The summed E-state index contributed by atoms with van der Waals surface area (Å²) in [5.74, 6) is -0.447. The highest BCUT2D eigenvalue weighted by Gasteiger charge is 2.48. The topological polar surface area (TPSA) is 120 Å². The van der Waals surface area contributed by atoms with E-state index in [0.29, 0.717) is 13.2 Å². The van der Waals surface area contributed by atoms with E-state index in [1.165, 1.54) is 0 Å². The Bertz CT molecular complexity index is 680. The fourth-order valence-corrected chi connectivity index (χ4v) is 4.00. The number of aryl methyl sites for hydroxylation is 1. The van der Waals surface area contributed by atoms with Crippen LogP contribution in [0.2, 0.25) is 0 Å². The van der Waals surface area contributed by atoms with Crippen LogP contribution in [0.1, 0.15) is 30.4 Å². The second-order valence-electron chi connectivity index (χ2n) is 7.09. The van der Waals surface area contributed by atoms with Crippen LogP contribution in [0.3, 0.4) is 0 Å². The number of carbonyl (C=O) groups is 1. The Hall–Kier alpha value is -1.71. The van der Waals surface area contributed by atoms with Crippen molar-refractivity contribution in [2.75, 3.05) is 24.7 Å². The molecule has 1 aromatic carbocycles. The second kappa shape index (κ2) is 8.12. The first kappa shape index (κ1) is 20.0. The number of aliphatic hydroxyl groups excluding tert-OH is 4. The summed E-state index contributed by atoms with van der Waals surface area (Å²) in [4.78, 5) is 13.8. The highest BCUT2D eigenvalue weighted by atomic mass is 16.6. The van der Waals surface area contributed by atoms with E-state index in [4.69, 9.17) is 9.47 Å². The number of aliphatic hydroxyl groups is 4. The summed E-state index contributed by atoms with van der Waals surface area (Å²) in [6, 6.07) is 5.75. The van der Waals surface area contributed by atoms with Crippen molar-refractivity contribution in [2.24, 2.45) is 0 Å². The molecule has 6 atom stereocenters. The first-order valence-electron chi connectivity index (χ1n) is 9.21. The van der Waals surface area contributed by atoms with E-state index < -0.39 is 37.3 Å².